The summed E-state index contributed by atoms with van der Waals surface area (Å²) in [5.41, 5.74) is 2.11. The average molecular weight is 486 g/mol. The molecule has 2 rings (SSSR count). The highest BCUT2D eigenvalue weighted by Gasteiger charge is 2.42. The van der Waals surface area contributed by atoms with Crippen molar-refractivity contribution in [3.05, 3.63) is 35.4 Å². The second-order valence-corrected chi connectivity index (χ2v) is 11.3. The second kappa shape index (κ2) is 13.2. The van der Waals surface area contributed by atoms with Gasteiger partial charge in [0.05, 0.1) is 6.10 Å². The Morgan fingerprint density at radius 2 is 1.69 bits per heavy atom. The molecule has 0 spiro atoms. The van der Waals surface area contributed by atoms with Crippen molar-refractivity contribution >= 4 is 29.2 Å². The van der Waals surface area contributed by atoms with Gasteiger partial charge >= 0.3 is 5.97 Å². The van der Waals surface area contributed by atoms with Crippen molar-refractivity contribution in [2.45, 2.75) is 120 Å². The highest BCUT2D eigenvalue weighted by molar-refractivity contribution is 6.25. The molecule has 1 aromatic carbocycles. The van der Waals surface area contributed by atoms with Gasteiger partial charge in [-0.1, -0.05) is 83.6 Å². The zero-order valence-electron chi connectivity index (χ0n) is 20.0. The van der Waals surface area contributed by atoms with Crippen molar-refractivity contribution in [2.24, 2.45) is 5.92 Å². The van der Waals surface area contributed by atoms with Crippen LogP contribution in [0.2, 0.25) is 0 Å². The molecule has 5 heteroatoms. The zero-order valence-corrected chi connectivity index (χ0v) is 21.5. The van der Waals surface area contributed by atoms with Crippen LogP contribution in [0.5, 0.6) is 0 Å². The molecule has 5 unspecified atom stereocenters. The summed E-state index contributed by atoms with van der Waals surface area (Å²) in [6.07, 6.45) is 9.75. The maximum atomic E-state index is 10.8. The third-order valence-corrected chi connectivity index (χ3v) is 8.35. The van der Waals surface area contributed by atoms with E-state index in [9.17, 15) is 9.90 Å². The largest absolute Gasteiger partial charge is 0.481 e. The van der Waals surface area contributed by atoms with Gasteiger partial charge in [0.25, 0.3) is 0 Å². The number of aliphatic hydroxyl groups excluding tert-OH is 1. The number of carbonyl (C=O) groups is 1. The van der Waals surface area contributed by atoms with Crippen LogP contribution < -0.4 is 0 Å². The molecule has 2 N–H and O–H groups in total. The van der Waals surface area contributed by atoms with Gasteiger partial charge in [-0.15, -0.1) is 23.2 Å². The van der Waals surface area contributed by atoms with Gasteiger partial charge in [-0.2, -0.15) is 0 Å². The molecule has 0 bridgehead atoms. The van der Waals surface area contributed by atoms with Gasteiger partial charge in [-0.05, 0) is 42.7 Å². The Hall–Kier alpha value is -0.770. The summed E-state index contributed by atoms with van der Waals surface area (Å²) in [4.78, 5) is 10.7. The predicted octanol–water partition coefficient (Wildman–Crippen LogP) is 7.65. The van der Waals surface area contributed by atoms with Crippen molar-refractivity contribution in [1.29, 1.82) is 0 Å². The van der Waals surface area contributed by atoms with E-state index in [-0.39, 0.29) is 34.6 Å². The van der Waals surface area contributed by atoms with Gasteiger partial charge in [0.2, 0.25) is 0 Å². The molecule has 1 aliphatic carbocycles. The Balaban J connectivity index is 1.99. The molecule has 0 heterocycles. The molecule has 32 heavy (non-hydrogen) atoms. The first-order valence-electron chi connectivity index (χ1n) is 12.5. The lowest BCUT2D eigenvalue weighted by Crippen LogP contribution is -2.33. The van der Waals surface area contributed by atoms with Gasteiger partial charge < -0.3 is 10.2 Å². The highest BCUT2D eigenvalue weighted by atomic mass is 35.5. The van der Waals surface area contributed by atoms with Crippen LogP contribution in [0, 0.1) is 5.92 Å². The quantitative estimate of drug-likeness (QED) is 0.210. The molecule has 1 aromatic rings. The summed E-state index contributed by atoms with van der Waals surface area (Å²) >= 11 is 13.5. The van der Waals surface area contributed by atoms with Crippen LogP contribution in [-0.2, 0) is 10.2 Å². The summed E-state index contributed by atoms with van der Waals surface area (Å²) in [6, 6.07) is 8.69. The van der Waals surface area contributed by atoms with Gasteiger partial charge in [0.15, 0.2) is 0 Å². The van der Waals surface area contributed by atoms with Crippen molar-refractivity contribution in [3.63, 3.8) is 0 Å². The van der Waals surface area contributed by atoms with Crippen LogP contribution in [0.4, 0.5) is 0 Å². The standard InChI is InChI=1S/C27H42Cl2O3/c1-4-5-8-12-24(30)27(2,3)20-16-14-19(15-17-20)26-21(22(28)18-23(26)29)11-9-6-7-10-13-25(31)32/h14-17,21-24,26,30H,4-13,18H2,1-3H3,(H,31,32). The Labute approximate surface area is 204 Å². The fourth-order valence-corrected chi connectivity index (χ4v) is 6.22. The van der Waals surface area contributed by atoms with Crippen LogP contribution in [0.25, 0.3) is 0 Å². The Kier molecular flexibility index (Phi) is 11.3. The number of aliphatic carboxylic acids is 1. The van der Waals surface area contributed by atoms with E-state index in [0.29, 0.717) is 5.92 Å². The molecule has 0 saturated heterocycles. The molecule has 0 amide bonds. The van der Waals surface area contributed by atoms with Crippen molar-refractivity contribution in [1.82, 2.24) is 0 Å². The number of carboxylic acid groups (broad SMARTS) is 1. The number of aliphatic hydroxyl groups is 1. The number of benzene rings is 1. The number of carboxylic acids is 1. The number of rotatable bonds is 14. The number of unbranched alkanes of at least 4 members (excludes halogenated alkanes) is 5. The van der Waals surface area contributed by atoms with E-state index in [0.717, 1.165) is 69.8 Å². The van der Waals surface area contributed by atoms with E-state index in [2.05, 4.69) is 45.0 Å². The van der Waals surface area contributed by atoms with E-state index < -0.39 is 5.97 Å². The minimum atomic E-state index is -0.716. The highest BCUT2D eigenvalue weighted by Crippen LogP contribution is 2.48. The van der Waals surface area contributed by atoms with E-state index in [4.69, 9.17) is 28.3 Å². The maximum Gasteiger partial charge on any atom is 0.303 e. The van der Waals surface area contributed by atoms with Crippen LogP contribution in [0.1, 0.15) is 108 Å². The lowest BCUT2D eigenvalue weighted by Gasteiger charge is -2.32. The van der Waals surface area contributed by atoms with Crippen LogP contribution in [0.3, 0.4) is 0 Å². The van der Waals surface area contributed by atoms with Gasteiger partial charge in [0.1, 0.15) is 0 Å². The summed E-state index contributed by atoms with van der Waals surface area (Å²) in [5, 5.41) is 19.7. The van der Waals surface area contributed by atoms with E-state index in [1.165, 1.54) is 5.56 Å². The number of halogens is 2. The van der Waals surface area contributed by atoms with Crippen molar-refractivity contribution in [3.8, 4) is 0 Å². The first kappa shape index (κ1) is 27.5. The molecule has 5 atom stereocenters. The number of hydrogen-bond acceptors (Lipinski definition) is 2. The van der Waals surface area contributed by atoms with Crippen molar-refractivity contribution < 1.29 is 15.0 Å². The Morgan fingerprint density at radius 3 is 2.31 bits per heavy atom. The van der Waals surface area contributed by atoms with Gasteiger partial charge in [-0.3, -0.25) is 4.79 Å². The maximum absolute atomic E-state index is 10.8. The summed E-state index contributed by atoms with van der Waals surface area (Å²) in [7, 11) is 0. The second-order valence-electron chi connectivity index (χ2n) is 10.2. The predicted molar refractivity (Wildman–Crippen MR) is 135 cm³/mol. The monoisotopic (exact) mass is 484 g/mol. The SMILES string of the molecule is CCCCCC(O)C(C)(C)c1ccc(C2C(Cl)CC(Cl)C2CCCCCCC(=O)O)cc1. The van der Waals surface area contributed by atoms with E-state index >= 15 is 0 Å². The van der Waals surface area contributed by atoms with E-state index in [1.807, 2.05) is 0 Å². The smallest absolute Gasteiger partial charge is 0.303 e. The average Bonchev–Trinajstić information content (AvgIpc) is 3.03. The first-order chi connectivity index (χ1) is 15.2. The molecular formula is C27H42Cl2O3. The molecule has 0 radical (unpaired) electrons. The van der Waals surface area contributed by atoms with Gasteiger partial charge in [-0.25, -0.2) is 0 Å². The lowest BCUT2D eigenvalue weighted by molar-refractivity contribution is -0.137. The Bertz CT molecular complexity index is 689. The fraction of sp³-hybridized carbons (Fsp3) is 0.741. The first-order valence-corrected chi connectivity index (χ1v) is 13.3. The molecule has 0 aliphatic heterocycles. The topological polar surface area (TPSA) is 57.5 Å². The number of hydrogen-bond donors (Lipinski definition) is 2. The fourth-order valence-electron chi connectivity index (χ4n) is 5.13. The molecule has 3 nitrogen and oxygen atoms in total. The molecule has 1 saturated carbocycles. The van der Waals surface area contributed by atoms with Crippen LogP contribution >= 0.6 is 23.2 Å². The van der Waals surface area contributed by atoms with Crippen molar-refractivity contribution in [2.75, 3.05) is 0 Å². The third-order valence-electron chi connectivity index (χ3n) is 7.40. The van der Waals surface area contributed by atoms with Crippen LogP contribution in [0.15, 0.2) is 24.3 Å². The molecular weight excluding hydrogens is 443 g/mol. The summed E-state index contributed by atoms with van der Waals surface area (Å²) in [6.45, 7) is 6.43. The number of alkyl halides is 2. The summed E-state index contributed by atoms with van der Waals surface area (Å²) < 4.78 is 0. The normalized spacial score (nSPS) is 24.6. The third kappa shape index (κ3) is 7.64. The molecule has 1 aliphatic rings. The van der Waals surface area contributed by atoms with Crippen LogP contribution in [-0.4, -0.2) is 33.0 Å². The molecule has 182 valence electrons. The van der Waals surface area contributed by atoms with E-state index in [1.54, 1.807) is 0 Å². The Morgan fingerprint density at radius 1 is 1.03 bits per heavy atom. The molecule has 1 fully saturated rings. The minimum absolute atomic E-state index is 0.0352. The zero-order chi connectivity index (χ0) is 23.7. The minimum Gasteiger partial charge on any atom is -0.481 e. The van der Waals surface area contributed by atoms with Gasteiger partial charge in [0, 0.05) is 28.5 Å². The lowest BCUT2D eigenvalue weighted by atomic mass is 9.76. The molecule has 0 aromatic heterocycles. The summed E-state index contributed by atoms with van der Waals surface area (Å²) in [5.74, 6) is -0.131.